The monoisotopic (exact) mass is 417 g/mol. The third-order valence-electron chi connectivity index (χ3n) is 3.24. The predicted molar refractivity (Wildman–Crippen MR) is 106 cm³/mol. The maximum absolute atomic E-state index is 12.0. The molecule has 1 aromatic carbocycles. The molecule has 2 N–H and O–H groups in total. The third kappa shape index (κ3) is 8.96. The van der Waals surface area contributed by atoms with Crippen molar-refractivity contribution in [1.29, 1.82) is 0 Å². The first-order chi connectivity index (χ1) is 12.5. The number of nitro benzene ring substituents is 1. The van der Waals surface area contributed by atoms with E-state index >= 15 is 0 Å². The zero-order valence-corrected chi connectivity index (χ0v) is 17.3. The normalized spacial score (nSPS) is 12.2. The molecule has 1 atom stereocenters. The minimum Gasteiger partial charge on any atom is -0.444 e. The lowest BCUT2D eigenvalue weighted by Crippen LogP contribution is -2.46. The third-order valence-corrected chi connectivity index (χ3v) is 4.43. The van der Waals surface area contributed by atoms with Gasteiger partial charge in [-0.25, -0.2) is 4.79 Å². The van der Waals surface area contributed by atoms with Crippen LogP contribution in [0.1, 0.15) is 33.3 Å². The van der Waals surface area contributed by atoms with Crippen molar-refractivity contribution in [1.82, 2.24) is 10.6 Å². The Morgan fingerprint density at radius 2 is 2.04 bits per heavy atom. The van der Waals surface area contributed by atoms with E-state index < -0.39 is 22.7 Å². The minimum atomic E-state index is -0.718. The van der Waals surface area contributed by atoms with Crippen LogP contribution < -0.4 is 10.6 Å². The first-order valence-corrected chi connectivity index (χ1v) is 9.80. The number of halogens is 1. The maximum Gasteiger partial charge on any atom is 0.408 e. The Kier molecular flexibility index (Phi) is 8.84. The summed E-state index contributed by atoms with van der Waals surface area (Å²) in [7, 11) is 0. The van der Waals surface area contributed by atoms with Gasteiger partial charge in [0.2, 0.25) is 5.91 Å². The first-order valence-electron chi connectivity index (χ1n) is 8.27. The van der Waals surface area contributed by atoms with Gasteiger partial charge in [0.05, 0.1) is 15.8 Å². The average molecular weight is 418 g/mol. The van der Waals surface area contributed by atoms with Crippen LogP contribution in [0.15, 0.2) is 18.2 Å². The van der Waals surface area contributed by atoms with Gasteiger partial charge in [0.15, 0.2) is 0 Å². The Morgan fingerprint density at radius 1 is 1.37 bits per heavy atom. The Labute approximate surface area is 167 Å². The van der Waals surface area contributed by atoms with Gasteiger partial charge in [0.25, 0.3) is 5.69 Å². The fraction of sp³-hybridized carbons (Fsp3) is 0.529. The molecule has 0 aliphatic carbocycles. The van der Waals surface area contributed by atoms with Gasteiger partial charge in [-0.05, 0) is 45.4 Å². The molecule has 8 nitrogen and oxygen atoms in total. The van der Waals surface area contributed by atoms with Crippen molar-refractivity contribution < 1.29 is 19.2 Å². The van der Waals surface area contributed by atoms with Crippen LogP contribution in [-0.4, -0.2) is 40.2 Å². The maximum atomic E-state index is 12.0. The van der Waals surface area contributed by atoms with Gasteiger partial charge in [-0.1, -0.05) is 17.7 Å². The highest BCUT2D eigenvalue weighted by Gasteiger charge is 2.20. The zero-order valence-electron chi connectivity index (χ0n) is 15.7. The summed E-state index contributed by atoms with van der Waals surface area (Å²) in [5, 5.41) is 16.2. The number of non-ortho nitro benzene ring substituents is 1. The molecule has 0 bridgehead atoms. The Morgan fingerprint density at radius 3 is 2.59 bits per heavy atom. The largest absolute Gasteiger partial charge is 0.444 e. The van der Waals surface area contributed by atoms with Crippen molar-refractivity contribution in [3.05, 3.63) is 38.9 Å². The number of thioether (sulfide) groups is 1. The van der Waals surface area contributed by atoms with E-state index in [1.807, 2.05) is 0 Å². The van der Waals surface area contributed by atoms with E-state index in [0.29, 0.717) is 23.1 Å². The number of ether oxygens (including phenoxy) is 1. The van der Waals surface area contributed by atoms with Gasteiger partial charge in [-0.2, -0.15) is 0 Å². The number of nitrogens with zero attached hydrogens (tertiary/aromatic N) is 1. The van der Waals surface area contributed by atoms with E-state index in [4.69, 9.17) is 16.3 Å². The fourth-order valence-corrected chi connectivity index (χ4v) is 2.95. The Bertz CT molecular complexity index is 694. The highest BCUT2D eigenvalue weighted by molar-refractivity contribution is 7.99. The molecule has 0 spiro atoms. The van der Waals surface area contributed by atoms with E-state index in [2.05, 4.69) is 10.6 Å². The molecular weight excluding hydrogens is 394 g/mol. The van der Waals surface area contributed by atoms with Crippen LogP contribution in [0.3, 0.4) is 0 Å². The summed E-state index contributed by atoms with van der Waals surface area (Å²) in [6, 6.07) is 3.65. The summed E-state index contributed by atoms with van der Waals surface area (Å²) in [6.07, 6.45) is -0.0334. The number of hydrogen-bond donors (Lipinski definition) is 2. The second-order valence-corrected chi connectivity index (χ2v) is 8.26. The fourth-order valence-electron chi connectivity index (χ4n) is 1.93. The molecular formula is C17H24ClN3O5S. The molecule has 0 aromatic heterocycles. The van der Waals surface area contributed by atoms with Crippen LogP contribution in [0.25, 0.3) is 0 Å². The lowest BCUT2D eigenvalue weighted by molar-refractivity contribution is -0.384. The van der Waals surface area contributed by atoms with Gasteiger partial charge < -0.3 is 15.4 Å². The Balaban J connectivity index is 2.30. The van der Waals surface area contributed by atoms with Crippen LogP contribution in [-0.2, 0) is 16.0 Å². The smallest absolute Gasteiger partial charge is 0.408 e. The van der Waals surface area contributed by atoms with Crippen molar-refractivity contribution in [2.24, 2.45) is 0 Å². The number of hydrogen-bond acceptors (Lipinski definition) is 6. The van der Waals surface area contributed by atoms with E-state index in [0.717, 1.165) is 5.56 Å². The highest BCUT2D eigenvalue weighted by Crippen LogP contribution is 2.23. The molecule has 0 radical (unpaired) electrons. The number of rotatable bonds is 8. The van der Waals surface area contributed by atoms with E-state index in [1.54, 1.807) is 33.8 Å². The molecule has 0 aliphatic heterocycles. The van der Waals surface area contributed by atoms with E-state index in [-0.39, 0.29) is 11.6 Å². The second kappa shape index (κ2) is 10.4. The summed E-state index contributed by atoms with van der Waals surface area (Å²) in [5.74, 6) is 0.719. The van der Waals surface area contributed by atoms with Crippen molar-refractivity contribution in [2.45, 2.75) is 45.8 Å². The number of nitrogens with one attached hydrogen (secondary N) is 2. The van der Waals surface area contributed by atoms with Crippen molar-refractivity contribution in [3.63, 3.8) is 0 Å². The van der Waals surface area contributed by atoms with Crippen LogP contribution in [0.5, 0.6) is 0 Å². The van der Waals surface area contributed by atoms with Gasteiger partial charge in [-0.3, -0.25) is 14.9 Å². The number of carbonyl (C=O) groups excluding carboxylic acids is 2. The molecule has 1 unspecified atom stereocenters. The van der Waals surface area contributed by atoms with Gasteiger partial charge in [0, 0.05) is 12.1 Å². The van der Waals surface area contributed by atoms with Gasteiger partial charge in [0.1, 0.15) is 11.6 Å². The van der Waals surface area contributed by atoms with E-state index in [9.17, 15) is 19.7 Å². The lowest BCUT2D eigenvalue weighted by atomic mass is 10.1. The van der Waals surface area contributed by atoms with Crippen molar-refractivity contribution in [2.75, 3.05) is 11.6 Å². The summed E-state index contributed by atoms with van der Waals surface area (Å²) in [5.41, 5.74) is 0.131. The minimum absolute atomic E-state index is 0.0462. The lowest BCUT2D eigenvalue weighted by Gasteiger charge is -2.21. The van der Waals surface area contributed by atoms with E-state index in [1.165, 1.54) is 23.9 Å². The quantitative estimate of drug-likeness (QED) is 0.290. The van der Waals surface area contributed by atoms with Gasteiger partial charge >= 0.3 is 6.09 Å². The Hall–Kier alpha value is -2.00. The summed E-state index contributed by atoms with van der Waals surface area (Å²) >= 11 is 7.51. The molecule has 0 fully saturated rings. The van der Waals surface area contributed by atoms with Crippen LogP contribution in [0, 0.1) is 10.1 Å². The molecule has 1 rings (SSSR count). The van der Waals surface area contributed by atoms with Crippen molar-refractivity contribution in [3.8, 4) is 0 Å². The molecule has 150 valence electrons. The molecule has 0 heterocycles. The molecule has 0 saturated carbocycles. The highest BCUT2D eigenvalue weighted by atomic mass is 35.5. The predicted octanol–water partition coefficient (Wildman–Crippen LogP) is 3.51. The molecule has 1 aromatic rings. The first kappa shape index (κ1) is 23.0. The second-order valence-electron chi connectivity index (χ2n) is 6.74. The number of aryl methyl sites for hydroxylation is 1. The van der Waals surface area contributed by atoms with Crippen LogP contribution >= 0.6 is 23.4 Å². The molecule has 2 amide bonds. The summed E-state index contributed by atoms with van der Waals surface area (Å²) in [4.78, 5) is 33.8. The molecule has 0 aliphatic rings. The number of amides is 2. The number of alkyl carbamates (subject to hydrolysis) is 1. The number of benzene rings is 1. The topological polar surface area (TPSA) is 111 Å². The molecule has 27 heavy (non-hydrogen) atoms. The summed E-state index contributed by atoms with van der Waals surface area (Å²) < 4.78 is 5.10. The standard InChI is InChI=1S/C17H24ClN3O5S/c1-11(20-16(23)26-17(2,3)4)15(22)19-10-27-8-7-12-5-6-13(21(24)25)9-14(12)18/h5-6,9,11H,7-8,10H2,1-4H3,(H,19,22)(H,20,23). The SMILES string of the molecule is CC(NC(=O)OC(C)(C)C)C(=O)NCSCCc1ccc([N+](=O)[O-])cc1Cl. The number of carbonyl (C=O) groups is 2. The van der Waals surface area contributed by atoms with Crippen molar-refractivity contribution >= 4 is 41.1 Å². The number of nitro groups is 1. The molecule has 10 heteroatoms. The summed E-state index contributed by atoms with van der Waals surface area (Å²) in [6.45, 7) is 6.79. The van der Waals surface area contributed by atoms with Crippen LogP contribution in [0.4, 0.5) is 10.5 Å². The van der Waals surface area contributed by atoms with Crippen LogP contribution in [0.2, 0.25) is 5.02 Å². The zero-order chi connectivity index (χ0) is 20.6. The molecule has 0 saturated heterocycles. The van der Waals surface area contributed by atoms with Gasteiger partial charge in [-0.15, -0.1) is 11.8 Å². The average Bonchev–Trinajstić information content (AvgIpc) is 2.53.